The van der Waals surface area contributed by atoms with Gasteiger partial charge in [-0.05, 0) is 6.08 Å². The van der Waals surface area contributed by atoms with Crippen LogP contribution in [0, 0.1) is 0 Å². The van der Waals surface area contributed by atoms with Crippen molar-refractivity contribution in [3.63, 3.8) is 0 Å². The van der Waals surface area contributed by atoms with Crippen LogP contribution in [-0.4, -0.2) is 18.1 Å². The molecule has 1 aliphatic rings. The number of carbonyl (C=O) groups excluding carboxylic acids is 1. The zero-order chi connectivity index (χ0) is 12.3. The molecule has 0 saturated heterocycles. The van der Waals surface area contributed by atoms with Gasteiger partial charge in [0.15, 0.2) is 0 Å². The van der Waals surface area contributed by atoms with Gasteiger partial charge in [0.25, 0.3) is 5.79 Å². The van der Waals surface area contributed by atoms with Gasteiger partial charge in [0, 0.05) is 19.2 Å². The zero-order valence-electron chi connectivity index (χ0n) is 9.38. The van der Waals surface area contributed by atoms with Crippen LogP contribution in [0.1, 0.15) is 16.8 Å². The molecular weight excluding hydrogens is 242 g/mol. The van der Waals surface area contributed by atoms with Crippen LogP contribution in [0.25, 0.3) is 6.08 Å². The van der Waals surface area contributed by atoms with E-state index in [1.165, 1.54) is 37.0 Å². The molecule has 0 aliphatic carbocycles. The average Bonchev–Trinajstić information content (AvgIpc) is 2.95. The molecule has 0 spiro atoms. The lowest BCUT2D eigenvalue weighted by atomic mass is 10.3. The van der Waals surface area contributed by atoms with Crippen LogP contribution in [0.3, 0.4) is 0 Å². The molecule has 0 fully saturated rings. The maximum Gasteiger partial charge on any atom is 0.330 e. The number of carbonyl (C=O) groups is 1. The fraction of sp³-hybridized carbons (Fsp3) is 0.273. The molecule has 1 aromatic heterocycles. The van der Waals surface area contributed by atoms with Crippen molar-refractivity contribution in [1.82, 2.24) is 4.98 Å². The fourth-order valence-corrected chi connectivity index (χ4v) is 2.09. The summed E-state index contributed by atoms with van der Waals surface area (Å²) in [6, 6.07) is 0. The third-order valence-electron chi connectivity index (χ3n) is 2.18. The van der Waals surface area contributed by atoms with Crippen molar-refractivity contribution in [2.24, 2.45) is 0 Å². The molecule has 0 radical (unpaired) electrons. The van der Waals surface area contributed by atoms with Gasteiger partial charge in [-0.15, -0.1) is 11.3 Å². The number of aromatic nitrogens is 1. The number of hydrogen-bond acceptors (Lipinski definition) is 6. The Labute approximate surface area is 102 Å². The summed E-state index contributed by atoms with van der Waals surface area (Å²) < 4.78 is 15.2. The van der Waals surface area contributed by atoms with Crippen molar-refractivity contribution < 1.29 is 19.0 Å². The highest BCUT2D eigenvalue weighted by atomic mass is 32.1. The number of methoxy groups -OCH3 is 1. The van der Waals surface area contributed by atoms with Gasteiger partial charge in [-0.3, -0.25) is 0 Å². The first kappa shape index (κ1) is 11.7. The topological polar surface area (TPSA) is 57.7 Å². The third kappa shape index (κ3) is 2.47. The lowest BCUT2D eigenvalue weighted by molar-refractivity contribution is -0.134. The molecule has 5 nitrogen and oxygen atoms in total. The summed E-state index contributed by atoms with van der Waals surface area (Å²) in [6.07, 6.45) is 7.55. The molecule has 0 amide bonds. The summed E-state index contributed by atoms with van der Waals surface area (Å²) in [5.41, 5.74) is 0. The predicted octanol–water partition coefficient (Wildman–Crippen LogP) is 2.02. The monoisotopic (exact) mass is 253 g/mol. The Bertz CT molecular complexity index is 470. The number of ether oxygens (including phenoxy) is 3. The molecule has 17 heavy (non-hydrogen) atoms. The minimum Gasteiger partial charge on any atom is -0.466 e. The van der Waals surface area contributed by atoms with E-state index in [4.69, 9.17) is 9.47 Å². The molecule has 0 aromatic carbocycles. The first-order chi connectivity index (χ1) is 8.14. The Morgan fingerprint density at radius 2 is 2.24 bits per heavy atom. The molecule has 1 aliphatic heterocycles. The van der Waals surface area contributed by atoms with Crippen molar-refractivity contribution in [1.29, 1.82) is 0 Å². The summed E-state index contributed by atoms with van der Waals surface area (Å²) >= 11 is 1.39. The van der Waals surface area contributed by atoms with E-state index in [9.17, 15) is 4.79 Å². The molecule has 2 rings (SSSR count). The van der Waals surface area contributed by atoms with Crippen molar-refractivity contribution in [2.45, 2.75) is 12.7 Å². The van der Waals surface area contributed by atoms with Gasteiger partial charge < -0.3 is 14.2 Å². The zero-order valence-corrected chi connectivity index (χ0v) is 10.2. The summed E-state index contributed by atoms with van der Waals surface area (Å²) in [5, 5.41) is 0.686. The molecule has 0 bridgehead atoms. The van der Waals surface area contributed by atoms with Gasteiger partial charge in [-0.1, -0.05) is 0 Å². The number of thiazole rings is 1. The van der Waals surface area contributed by atoms with Crippen LogP contribution in [0.2, 0.25) is 0 Å². The van der Waals surface area contributed by atoms with E-state index in [1.54, 1.807) is 19.2 Å². The molecule has 0 N–H and O–H groups in total. The largest absolute Gasteiger partial charge is 0.466 e. The van der Waals surface area contributed by atoms with Gasteiger partial charge in [0.05, 0.1) is 7.11 Å². The second-order valence-corrected chi connectivity index (χ2v) is 4.44. The van der Waals surface area contributed by atoms with E-state index in [0.717, 1.165) is 4.88 Å². The molecule has 90 valence electrons. The van der Waals surface area contributed by atoms with Crippen molar-refractivity contribution in [3.05, 3.63) is 34.7 Å². The van der Waals surface area contributed by atoms with Gasteiger partial charge in [0.1, 0.15) is 22.4 Å². The van der Waals surface area contributed by atoms with Crippen LogP contribution < -0.4 is 0 Å². The van der Waals surface area contributed by atoms with Crippen LogP contribution in [0.15, 0.2) is 24.8 Å². The molecule has 0 atom stereocenters. The van der Waals surface area contributed by atoms with E-state index < -0.39 is 11.8 Å². The molecule has 6 heteroatoms. The second-order valence-electron chi connectivity index (χ2n) is 3.37. The van der Waals surface area contributed by atoms with Crippen molar-refractivity contribution >= 4 is 23.4 Å². The molecule has 0 saturated carbocycles. The fourth-order valence-electron chi connectivity index (χ4n) is 1.24. The number of hydrogen-bond donors (Lipinski definition) is 0. The summed E-state index contributed by atoms with van der Waals surface area (Å²) in [7, 11) is 1.33. The molecular formula is C11H11NO4S. The maximum atomic E-state index is 10.9. The van der Waals surface area contributed by atoms with E-state index in [2.05, 4.69) is 9.72 Å². The first-order valence-electron chi connectivity index (χ1n) is 4.87. The van der Waals surface area contributed by atoms with Gasteiger partial charge in [-0.25, -0.2) is 9.78 Å². The lowest BCUT2D eigenvalue weighted by Gasteiger charge is -2.20. The normalized spacial score (nSPS) is 16.8. The minimum atomic E-state index is -0.810. The minimum absolute atomic E-state index is 0.414. The Morgan fingerprint density at radius 1 is 1.53 bits per heavy atom. The Kier molecular flexibility index (Phi) is 3.14. The summed E-state index contributed by atoms with van der Waals surface area (Å²) in [4.78, 5) is 15.9. The van der Waals surface area contributed by atoms with E-state index >= 15 is 0 Å². The Hall–Kier alpha value is -1.82. The number of nitrogens with zero attached hydrogens (tertiary/aromatic N) is 1. The van der Waals surface area contributed by atoms with Crippen LogP contribution in [0.5, 0.6) is 0 Å². The predicted molar refractivity (Wildman–Crippen MR) is 61.8 cm³/mol. The summed E-state index contributed by atoms with van der Waals surface area (Å²) in [5.74, 6) is -1.22. The van der Waals surface area contributed by atoms with Crippen molar-refractivity contribution in [3.8, 4) is 0 Å². The SMILES string of the molecule is COC(=O)/C=C/c1ncc(C2(C)OC=CO2)s1. The van der Waals surface area contributed by atoms with E-state index in [1.807, 2.05) is 0 Å². The van der Waals surface area contributed by atoms with Gasteiger partial charge in [-0.2, -0.15) is 0 Å². The highest BCUT2D eigenvalue weighted by molar-refractivity contribution is 7.12. The second kappa shape index (κ2) is 4.58. The molecule has 1 aromatic rings. The third-order valence-corrected chi connectivity index (χ3v) is 3.32. The Morgan fingerprint density at radius 3 is 2.88 bits per heavy atom. The molecule has 0 unspecified atom stereocenters. The standard InChI is InChI=1S/C11H11NO4S/c1-11(15-5-6-16-11)8-7-12-9(17-8)3-4-10(13)14-2/h3-7H,1-2H3/b4-3+. The number of rotatable bonds is 3. The lowest BCUT2D eigenvalue weighted by Crippen LogP contribution is -2.20. The van der Waals surface area contributed by atoms with Crippen LogP contribution >= 0.6 is 11.3 Å². The summed E-state index contributed by atoms with van der Waals surface area (Å²) in [6.45, 7) is 1.80. The highest BCUT2D eigenvalue weighted by Crippen LogP contribution is 2.35. The van der Waals surface area contributed by atoms with Crippen LogP contribution in [-0.2, 0) is 24.8 Å². The van der Waals surface area contributed by atoms with Gasteiger partial charge >= 0.3 is 5.97 Å². The number of esters is 1. The average molecular weight is 253 g/mol. The van der Waals surface area contributed by atoms with Gasteiger partial charge in [0.2, 0.25) is 0 Å². The molecule has 2 heterocycles. The van der Waals surface area contributed by atoms with Crippen LogP contribution in [0.4, 0.5) is 0 Å². The quantitative estimate of drug-likeness (QED) is 0.609. The first-order valence-corrected chi connectivity index (χ1v) is 5.69. The van der Waals surface area contributed by atoms with E-state index in [-0.39, 0.29) is 0 Å². The van der Waals surface area contributed by atoms with E-state index in [0.29, 0.717) is 5.01 Å². The maximum absolute atomic E-state index is 10.9. The highest BCUT2D eigenvalue weighted by Gasteiger charge is 2.34. The Balaban J connectivity index is 2.11. The smallest absolute Gasteiger partial charge is 0.330 e. The van der Waals surface area contributed by atoms with Crippen molar-refractivity contribution in [2.75, 3.05) is 7.11 Å².